The Labute approximate surface area is 161 Å². The molecule has 2 heterocycles. The van der Waals surface area contributed by atoms with Crippen LogP contribution in [0.5, 0.6) is 5.75 Å². The summed E-state index contributed by atoms with van der Waals surface area (Å²) in [6, 6.07) is 9.77. The summed E-state index contributed by atoms with van der Waals surface area (Å²) in [7, 11) is -2.37. The standard InChI is InChI=1S/C18H19N5O4S/c1-27-14-8-5-12(10-15(14)28(25,26)22-13-6-7-13)18(24)19-11-17-21-20-16-4-2-3-9-23(16)17/h2-5,8-10,13,22H,6-7,11H2,1H3,(H,19,24). The van der Waals surface area contributed by atoms with Crippen molar-refractivity contribution >= 4 is 21.6 Å². The Kier molecular flexibility index (Phi) is 4.73. The molecule has 0 aliphatic heterocycles. The topological polar surface area (TPSA) is 115 Å². The molecule has 1 fully saturated rings. The summed E-state index contributed by atoms with van der Waals surface area (Å²) in [5.74, 6) is 0.340. The first-order valence-electron chi connectivity index (χ1n) is 8.75. The van der Waals surface area contributed by atoms with E-state index in [0.29, 0.717) is 11.5 Å². The highest BCUT2D eigenvalue weighted by Crippen LogP contribution is 2.28. The lowest BCUT2D eigenvalue weighted by Gasteiger charge is -2.12. The number of hydrogen-bond donors (Lipinski definition) is 2. The smallest absolute Gasteiger partial charge is 0.251 e. The van der Waals surface area contributed by atoms with Gasteiger partial charge in [0.15, 0.2) is 11.5 Å². The van der Waals surface area contributed by atoms with E-state index in [2.05, 4.69) is 20.2 Å². The van der Waals surface area contributed by atoms with Gasteiger partial charge in [0.05, 0.1) is 13.7 Å². The number of aromatic nitrogens is 3. The molecule has 146 valence electrons. The molecule has 0 bridgehead atoms. The Morgan fingerprint density at radius 1 is 1.25 bits per heavy atom. The lowest BCUT2D eigenvalue weighted by atomic mass is 10.2. The summed E-state index contributed by atoms with van der Waals surface area (Å²) in [5, 5.41) is 10.8. The molecule has 0 atom stereocenters. The maximum Gasteiger partial charge on any atom is 0.251 e. The zero-order valence-electron chi connectivity index (χ0n) is 15.1. The van der Waals surface area contributed by atoms with E-state index in [-0.39, 0.29) is 28.8 Å². The van der Waals surface area contributed by atoms with Crippen LogP contribution < -0.4 is 14.8 Å². The van der Waals surface area contributed by atoms with Gasteiger partial charge in [-0.2, -0.15) is 0 Å². The lowest BCUT2D eigenvalue weighted by Crippen LogP contribution is -2.27. The monoisotopic (exact) mass is 401 g/mol. The Morgan fingerprint density at radius 3 is 2.82 bits per heavy atom. The second-order valence-electron chi connectivity index (χ2n) is 6.49. The van der Waals surface area contributed by atoms with Gasteiger partial charge in [0.25, 0.3) is 5.91 Å². The van der Waals surface area contributed by atoms with Crippen LogP contribution >= 0.6 is 0 Å². The summed E-state index contributed by atoms with van der Waals surface area (Å²) in [5.41, 5.74) is 0.890. The van der Waals surface area contributed by atoms with Gasteiger partial charge in [0, 0.05) is 17.8 Å². The summed E-state index contributed by atoms with van der Waals surface area (Å²) >= 11 is 0. The van der Waals surface area contributed by atoms with Crippen LogP contribution in [-0.2, 0) is 16.6 Å². The van der Waals surface area contributed by atoms with Crippen LogP contribution in [0.3, 0.4) is 0 Å². The molecule has 0 saturated heterocycles. The molecule has 28 heavy (non-hydrogen) atoms. The summed E-state index contributed by atoms with van der Waals surface area (Å²) in [6.45, 7) is 0.151. The molecular formula is C18H19N5O4S. The van der Waals surface area contributed by atoms with E-state index in [9.17, 15) is 13.2 Å². The fraction of sp³-hybridized carbons (Fsp3) is 0.278. The van der Waals surface area contributed by atoms with Crippen LogP contribution in [-0.4, -0.2) is 42.1 Å². The van der Waals surface area contributed by atoms with E-state index in [1.54, 1.807) is 10.6 Å². The number of sulfonamides is 1. The molecule has 1 saturated carbocycles. The molecule has 4 rings (SSSR count). The molecule has 0 radical (unpaired) electrons. The number of benzene rings is 1. The normalized spacial score (nSPS) is 14.2. The third-order valence-electron chi connectivity index (χ3n) is 4.41. The van der Waals surface area contributed by atoms with Crippen molar-refractivity contribution in [2.75, 3.05) is 7.11 Å². The number of hydrogen-bond acceptors (Lipinski definition) is 6. The predicted octanol–water partition coefficient (Wildman–Crippen LogP) is 1.11. The van der Waals surface area contributed by atoms with Crippen LogP contribution in [0.4, 0.5) is 0 Å². The van der Waals surface area contributed by atoms with Crippen molar-refractivity contribution in [1.82, 2.24) is 24.6 Å². The van der Waals surface area contributed by atoms with Crippen molar-refractivity contribution < 1.29 is 17.9 Å². The maximum atomic E-state index is 12.6. The predicted molar refractivity (Wildman–Crippen MR) is 100 cm³/mol. The molecular weight excluding hydrogens is 382 g/mol. The zero-order valence-corrected chi connectivity index (χ0v) is 15.9. The van der Waals surface area contributed by atoms with Crippen molar-refractivity contribution in [3.05, 3.63) is 54.0 Å². The molecule has 2 N–H and O–H groups in total. The van der Waals surface area contributed by atoms with Gasteiger partial charge in [0.1, 0.15) is 10.6 Å². The summed E-state index contributed by atoms with van der Waals surface area (Å²) in [4.78, 5) is 12.5. The average Bonchev–Trinajstić information content (AvgIpc) is 3.41. The molecule has 0 spiro atoms. The first kappa shape index (κ1) is 18.4. The Hall–Kier alpha value is -2.98. The molecule has 1 aromatic carbocycles. The molecule has 9 nitrogen and oxygen atoms in total. The number of nitrogens with zero attached hydrogens (tertiary/aromatic N) is 3. The number of rotatable bonds is 7. The van der Waals surface area contributed by atoms with Gasteiger partial charge >= 0.3 is 0 Å². The molecule has 2 aromatic heterocycles. The van der Waals surface area contributed by atoms with Crippen LogP contribution in [0.15, 0.2) is 47.5 Å². The number of carbonyl (C=O) groups excluding carboxylic acids is 1. The highest BCUT2D eigenvalue weighted by atomic mass is 32.2. The van der Waals surface area contributed by atoms with Crippen molar-refractivity contribution in [3.63, 3.8) is 0 Å². The Balaban J connectivity index is 1.54. The minimum absolute atomic E-state index is 0.0478. The van der Waals surface area contributed by atoms with Crippen molar-refractivity contribution in [1.29, 1.82) is 0 Å². The maximum absolute atomic E-state index is 12.6. The number of carbonyl (C=O) groups is 1. The van der Waals surface area contributed by atoms with E-state index < -0.39 is 15.9 Å². The molecule has 3 aromatic rings. The Morgan fingerprint density at radius 2 is 2.07 bits per heavy atom. The number of pyridine rings is 1. The third-order valence-corrected chi connectivity index (χ3v) is 5.95. The first-order chi connectivity index (χ1) is 13.5. The van der Waals surface area contributed by atoms with E-state index in [4.69, 9.17) is 4.74 Å². The molecule has 1 amide bonds. The van der Waals surface area contributed by atoms with Crippen LogP contribution in [0.25, 0.3) is 5.65 Å². The van der Waals surface area contributed by atoms with Crippen LogP contribution in [0, 0.1) is 0 Å². The van der Waals surface area contributed by atoms with Gasteiger partial charge in [0.2, 0.25) is 10.0 Å². The van der Waals surface area contributed by atoms with Crippen molar-refractivity contribution in [3.8, 4) is 5.75 Å². The number of nitrogens with one attached hydrogen (secondary N) is 2. The van der Waals surface area contributed by atoms with E-state index in [1.165, 1.54) is 25.3 Å². The van der Waals surface area contributed by atoms with Crippen LogP contribution in [0.2, 0.25) is 0 Å². The molecule has 1 aliphatic carbocycles. The fourth-order valence-corrected chi connectivity index (χ4v) is 4.28. The highest BCUT2D eigenvalue weighted by molar-refractivity contribution is 7.89. The van der Waals surface area contributed by atoms with E-state index in [1.807, 2.05) is 18.2 Å². The second kappa shape index (κ2) is 7.21. The molecule has 0 unspecified atom stereocenters. The van der Waals surface area contributed by atoms with Crippen LogP contribution in [0.1, 0.15) is 29.0 Å². The largest absolute Gasteiger partial charge is 0.495 e. The van der Waals surface area contributed by atoms with Crippen molar-refractivity contribution in [2.45, 2.75) is 30.3 Å². The van der Waals surface area contributed by atoms with Gasteiger partial charge < -0.3 is 10.1 Å². The quantitative estimate of drug-likeness (QED) is 0.613. The Bertz CT molecular complexity index is 1140. The van der Waals surface area contributed by atoms with Gasteiger partial charge in [-0.05, 0) is 43.2 Å². The minimum Gasteiger partial charge on any atom is -0.495 e. The summed E-state index contributed by atoms with van der Waals surface area (Å²) in [6.07, 6.45) is 3.43. The average molecular weight is 401 g/mol. The van der Waals surface area contributed by atoms with Gasteiger partial charge in [-0.25, -0.2) is 13.1 Å². The minimum atomic E-state index is -3.76. The summed E-state index contributed by atoms with van der Waals surface area (Å²) < 4.78 is 34.7. The van der Waals surface area contributed by atoms with Gasteiger partial charge in [-0.3, -0.25) is 9.20 Å². The van der Waals surface area contributed by atoms with E-state index >= 15 is 0 Å². The van der Waals surface area contributed by atoms with Gasteiger partial charge in [-0.1, -0.05) is 6.07 Å². The SMILES string of the molecule is COc1ccc(C(=O)NCc2nnc3ccccn23)cc1S(=O)(=O)NC1CC1. The molecule has 1 aliphatic rings. The zero-order chi connectivity index (χ0) is 19.7. The first-order valence-corrected chi connectivity index (χ1v) is 10.2. The number of ether oxygens (including phenoxy) is 1. The second-order valence-corrected chi connectivity index (χ2v) is 8.17. The van der Waals surface area contributed by atoms with E-state index in [0.717, 1.165) is 12.8 Å². The number of amides is 1. The number of methoxy groups -OCH3 is 1. The lowest BCUT2D eigenvalue weighted by molar-refractivity contribution is 0.0949. The highest BCUT2D eigenvalue weighted by Gasteiger charge is 2.30. The fourth-order valence-electron chi connectivity index (χ4n) is 2.78. The number of fused-ring (bicyclic) bond motifs is 1. The van der Waals surface area contributed by atoms with Crippen molar-refractivity contribution in [2.24, 2.45) is 0 Å². The third kappa shape index (κ3) is 3.69. The molecule has 10 heteroatoms. The van der Waals surface area contributed by atoms with Gasteiger partial charge in [-0.15, -0.1) is 10.2 Å².